The molecule has 19 heavy (non-hydrogen) atoms. The Morgan fingerprint density at radius 3 is 3.00 bits per heavy atom. The van der Waals surface area contributed by atoms with Crippen LogP contribution in [-0.4, -0.2) is 25.4 Å². The zero-order valence-corrected chi connectivity index (χ0v) is 12.0. The molecule has 0 unspecified atom stereocenters. The second kappa shape index (κ2) is 6.91. The molecule has 2 aromatic rings. The van der Waals surface area contributed by atoms with Crippen LogP contribution in [0.2, 0.25) is 10.0 Å². The summed E-state index contributed by atoms with van der Waals surface area (Å²) in [6.07, 6.45) is 1.67. The molecular formula is C13H14Cl2N2O2. The number of halogens is 2. The van der Waals surface area contributed by atoms with Crippen molar-refractivity contribution >= 4 is 23.2 Å². The number of ether oxygens (including phenoxy) is 1. The van der Waals surface area contributed by atoms with Crippen LogP contribution in [0.4, 0.5) is 0 Å². The van der Waals surface area contributed by atoms with Crippen LogP contribution in [0.1, 0.15) is 5.56 Å². The van der Waals surface area contributed by atoms with Gasteiger partial charge in [0.2, 0.25) is 0 Å². The molecule has 6 heteroatoms. The molecule has 1 aromatic heterocycles. The second-order valence-corrected chi connectivity index (χ2v) is 4.82. The maximum absolute atomic E-state index is 6.16. The van der Waals surface area contributed by atoms with Crippen LogP contribution in [-0.2, 0) is 11.3 Å². The van der Waals surface area contributed by atoms with Gasteiger partial charge in [-0.15, -0.1) is 0 Å². The average molecular weight is 301 g/mol. The van der Waals surface area contributed by atoms with E-state index >= 15 is 0 Å². The Labute approximate surface area is 121 Å². The number of nitrogens with zero attached hydrogens (tertiary/aromatic N) is 1. The zero-order chi connectivity index (χ0) is 13.7. The molecule has 0 radical (unpaired) electrons. The zero-order valence-electron chi connectivity index (χ0n) is 10.5. The molecule has 0 spiro atoms. The highest BCUT2D eigenvalue weighted by atomic mass is 35.5. The Balaban J connectivity index is 2.16. The van der Waals surface area contributed by atoms with Crippen LogP contribution in [0.3, 0.4) is 0 Å². The Hall–Kier alpha value is -1.07. The molecule has 1 aromatic carbocycles. The monoisotopic (exact) mass is 300 g/mol. The van der Waals surface area contributed by atoms with Crippen LogP contribution in [0, 0.1) is 0 Å². The van der Waals surface area contributed by atoms with Gasteiger partial charge in [0.25, 0.3) is 0 Å². The summed E-state index contributed by atoms with van der Waals surface area (Å²) in [5.41, 5.74) is 1.68. The molecule has 0 aliphatic heterocycles. The van der Waals surface area contributed by atoms with Gasteiger partial charge in [0.15, 0.2) is 5.76 Å². The van der Waals surface area contributed by atoms with Crippen molar-refractivity contribution in [3.05, 3.63) is 40.0 Å². The van der Waals surface area contributed by atoms with Crippen LogP contribution < -0.4 is 5.32 Å². The summed E-state index contributed by atoms with van der Waals surface area (Å²) in [6, 6.07) is 5.24. The third-order valence-corrected chi connectivity index (χ3v) is 3.18. The minimum Gasteiger partial charge on any atom is -0.383 e. The first-order chi connectivity index (χ1) is 9.22. The first kappa shape index (κ1) is 14.3. The van der Waals surface area contributed by atoms with Crippen LogP contribution >= 0.6 is 23.2 Å². The molecule has 4 nitrogen and oxygen atoms in total. The first-order valence-electron chi connectivity index (χ1n) is 5.81. The van der Waals surface area contributed by atoms with Gasteiger partial charge in [0, 0.05) is 36.3 Å². The minimum atomic E-state index is 0.583. The van der Waals surface area contributed by atoms with Crippen molar-refractivity contribution in [1.82, 2.24) is 10.5 Å². The van der Waals surface area contributed by atoms with Crippen molar-refractivity contribution in [2.75, 3.05) is 20.3 Å². The summed E-state index contributed by atoms with van der Waals surface area (Å²) in [5, 5.41) is 8.24. The van der Waals surface area contributed by atoms with Crippen molar-refractivity contribution in [3.8, 4) is 11.3 Å². The van der Waals surface area contributed by atoms with Crippen LogP contribution in [0.5, 0.6) is 0 Å². The predicted molar refractivity (Wildman–Crippen MR) is 75.5 cm³/mol. The number of rotatable bonds is 6. The van der Waals surface area contributed by atoms with Crippen molar-refractivity contribution < 1.29 is 9.26 Å². The van der Waals surface area contributed by atoms with Gasteiger partial charge < -0.3 is 14.6 Å². The number of aromatic nitrogens is 1. The third-order valence-electron chi connectivity index (χ3n) is 2.62. The standard InChI is InChI=1S/C13H14Cl2N2O2/c1-18-5-4-16-7-9-8-17-19-13(9)11-6-10(14)2-3-12(11)15/h2-3,6,8,16H,4-5,7H2,1H3. The molecule has 0 saturated heterocycles. The van der Waals surface area contributed by atoms with Gasteiger partial charge in [-0.2, -0.15) is 0 Å². The largest absolute Gasteiger partial charge is 0.383 e. The molecule has 0 fully saturated rings. The Bertz CT molecular complexity index is 543. The van der Waals surface area contributed by atoms with E-state index < -0.39 is 0 Å². The number of nitrogens with one attached hydrogen (secondary N) is 1. The topological polar surface area (TPSA) is 47.3 Å². The summed E-state index contributed by atoms with van der Waals surface area (Å²) < 4.78 is 10.3. The van der Waals surface area contributed by atoms with Crippen molar-refractivity contribution in [2.45, 2.75) is 6.54 Å². The van der Waals surface area contributed by atoms with E-state index in [1.54, 1.807) is 31.5 Å². The number of hydrogen-bond acceptors (Lipinski definition) is 4. The minimum absolute atomic E-state index is 0.583. The lowest BCUT2D eigenvalue weighted by Crippen LogP contribution is -2.18. The summed E-state index contributed by atoms with van der Waals surface area (Å²) in [5.74, 6) is 0.636. The molecule has 0 aliphatic carbocycles. The lowest BCUT2D eigenvalue weighted by Gasteiger charge is -2.05. The molecule has 0 saturated carbocycles. The fourth-order valence-corrected chi connectivity index (χ4v) is 2.05. The molecule has 0 bridgehead atoms. The maximum Gasteiger partial charge on any atom is 0.172 e. The SMILES string of the molecule is COCCNCc1cnoc1-c1cc(Cl)ccc1Cl. The lowest BCUT2D eigenvalue weighted by molar-refractivity contribution is 0.199. The summed E-state index contributed by atoms with van der Waals surface area (Å²) >= 11 is 12.1. The Kier molecular flexibility index (Phi) is 5.22. The van der Waals surface area contributed by atoms with Gasteiger partial charge in [-0.3, -0.25) is 0 Å². The molecule has 0 atom stereocenters. The molecule has 1 heterocycles. The molecule has 0 aliphatic rings. The van der Waals surface area contributed by atoms with E-state index in [1.807, 2.05) is 0 Å². The van der Waals surface area contributed by atoms with E-state index in [0.29, 0.717) is 29.0 Å². The normalized spacial score (nSPS) is 10.9. The molecular weight excluding hydrogens is 287 g/mol. The van der Waals surface area contributed by atoms with Crippen molar-refractivity contribution in [2.24, 2.45) is 0 Å². The van der Waals surface area contributed by atoms with E-state index in [4.69, 9.17) is 32.5 Å². The predicted octanol–water partition coefficient (Wildman–Crippen LogP) is 3.38. The fourth-order valence-electron chi connectivity index (χ4n) is 1.68. The quantitative estimate of drug-likeness (QED) is 0.831. The van der Waals surface area contributed by atoms with Crippen molar-refractivity contribution in [3.63, 3.8) is 0 Å². The van der Waals surface area contributed by atoms with E-state index in [2.05, 4.69) is 10.5 Å². The van der Waals surface area contributed by atoms with E-state index in [-0.39, 0.29) is 0 Å². The van der Waals surface area contributed by atoms with Gasteiger partial charge >= 0.3 is 0 Å². The van der Waals surface area contributed by atoms with Crippen LogP contribution in [0.25, 0.3) is 11.3 Å². The highest BCUT2D eigenvalue weighted by Crippen LogP contribution is 2.32. The van der Waals surface area contributed by atoms with E-state index in [9.17, 15) is 0 Å². The van der Waals surface area contributed by atoms with Gasteiger partial charge in [0.1, 0.15) is 0 Å². The molecule has 2 rings (SSSR count). The maximum atomic E-state index is 6.16. The average Bonchev–Trinajstić information content (AvgIpc) is 2.86. The Morgan fingerprint density at radius 2 is 2.21 bits per heavy atom. The van der Waals surface area contributed by atoms with E-state index in [0.717, 1.165) is 17.7 Å². The first-order valence-corrected chi connectivity index (χ1v) is 6.56. The number of benzene rings is 1. The van der Waals surface area contributed by atoms with Crippen molar-refractivity contribution in [1.29, 1.82) is 0 Å². The summed E-state index contributed by atoms with van der Waals surface area (Å²) in [7, 11) is 1.66. The molecule has 0 amide bonds. The van der Waals surface area contributed by atoms with Gasteiger partial charge in [-0.05, 0) is 18.2 Å². The number of methoxy groups -OCH3 is 1. The summed E-state index contributed by atoms with van der Waals surface area (Å²) in [4.78, 5) is 0. The third kappa shape index (κ3) is 3.70. The second-order valence-electron chi connectivity index (χ2n) is 3.97. The lowest BCUT2D eigenvalue weighted by atomic mass is 10.1. The van der Waals surface area contributed by atoms with Crippen LogP contribution in [0.15, 0.2) is 28.9 Å². The highest BCUT2D eigenvalue weighted by molar-refractivity contribution is 6.35. The molecule has 1 N–H and O–H groups in total. The van der Waals surface area contributed by atoms with Gasteiger partial charge in [-0.25, -0.2) is 0 Å². The summed E-state index contributed by atoms with van der Waals surface area (Å²) in [6.45, 7) is 2.04. The number of hydrogen-bond donors (Lipinski definition) is 1. The van der Waals surface area contributed by atoms with Gasteiger partial charge in [0.05, 0.1) is 17.8 Å². The smallest absolute Gasteiger partial charge is 0.172 e. The van der Waals surface area contributed by atoms with E-state index in [1.165, 1.54) is 0 Å². The molecule has 102 valence electrons. The van der Waals surface area contributed by atoms with Gasteiger partial charge in [-0.1, -0.05) is 28.4 Å². The highest BCUT2D eigenvalue weighted by Gasteiger charge is 2.14. The Morgan fingerprint density at radius 1 is 1.37 bits per heavy atom. The fraction of sp³-hybridized carbons (Fsp3) is 0.308.